The second kappa shape index (κ2) is 8.80. The summed E-state index contributed by atoms with van der Waals surface area (Å²) in [6, 6.07) is 9.65. The number of carbonyl (C=O) groups excluding carboxylic acids is 1. The molecule has 0 aliphatic carbocycles. The maximum Gasteiger partial charge on any atom is 0.234 e. The lowest BCUT2D eigenvalue weighted by Crippen LogP contribution is -2.15. The van der Waals surface area contributed by atoms with Crippen molar-refractivity contribution in [3.63, 3.8) is 0 Å². The van der Waals surface area contributed by atoms with Crippen molar-refractivity contribution >= 4 is 35.0 Å². The fourth-order valence-corrected chi connectivity index (χ4v) is 3.18. The number of thioether (sulfide) groups is 1. The Bertz CT molecular complexity index is 707. The van der Waals surface area contributed by atoms with Gasteiger partial charge in [0, 0.05) is 22.4 Å². The molecule has 0 radical (unpaired) electrons. The molecule has 0 saturated heterocycles. The Morgan fingerprint density at radius 2 is 2.04 bits per heavy atom. The van der Waals surface area contributed by atoms with Gasteiger partial charge in [0.1, 0.15) is 17.3 Å². The molecule has 0 unspecified atom stereocenters. The van der Waals surface area contributed by atoms with Crippen molar-refractivity contribution < 1.29 is 18.7 Å². The van der Waals surface area contributed by atoms with E-state index in [9.17, 15) is 9.18 Å². The van der Waals surface area contributed by atoms with Crippen LogP contribution < -0.4 is 14.8 Å². The van der Waals surface area contributed by atoms with Gasteiger partial charge in [0.25, 0.3) is 0 Å². The zero-order chi connectivity index (χ0) is 17.5. The summed E-state index contributed by atoms with van der Waals surface area (Å²) >= 11 is 7.24. The van der Waals surface area contributed by atoms with Crippen LogP contribution in [0.1, 0.15) is 5.56 Å². The van der Waals surface area contributed by atoms with Crippen molar-refractivity contribution in [2.75, 3.05) is 25.3 Å². The molecular weight excluding hydrogens is 353 g/mol. The minimum absolute atomic E-state index is 0.158. The molecule has 0 bridgehead atoms. The Morgan fingerprint density at radius 3 is 2.71 bits per heavy atom. The van der Waals surface area contributed by atoms with Crippen molar-refractivity contribution in [1.82, 2.24) is 0 Å². The highest BCUT2D eigenvalue weighted by atomic mass is 35.5. The molecule has 1 N–H and O–H groups in total. The van der Waals surface area contributed by atoms with E-state index in [1.807, 2.05) is 0 Å². The van der Waals surface area contributed by atoms with Gasteiger partial charge in [-0.3, -0.25) is 4.79 Å². The Kier molecular flexibility index (Phi) is 6.75. The third kappa shape index (κ3) is 4.79. The van der Waals surface area contributed by atoms with Crippen molar-refractivity contribution in [3.8, 4) is 11.5 Å². The zero-order valence-corrected chi connectivity index (χ0v) is 14.8. The van der Waals surface area contributed by atoms with Crippen LogP contribution in [0.2, 0.25) is 5.02 Å². The zero-order valence-electron chi connectivity index (χ0n) is 13.3. The molecule has 0 atom stereocenters. The van der Waals surface area contributed by atoms with Crippen LogP contribution in [0.25, 0.3) is 0 Å². The summed E-state index contributed by atoms with van der Waals surface area (Å²) in [6.45, 7) is 0. The number of benzene rings is 2. The van der Waals surface area contributed by atoms with Gasteiger partial charge in [0.05, 0.1) is 25.7 Å². The van der Waals surface area contributed by atoms with Gasteiger partial charge in [0.2, 0.25) is 5.91 Å². The molecule has 2 rings (SSSR count). The quantitative estimate of drug-likeness (QED) is 0.787. The molecule has 0 aromatic heterocycles. The number of anilines is 1. The van der Waals surface area contributed by atoms with E-state index >= 15 is 0 Å². The number of hydrogen-bond acceptors (Lipinski definition) is 4. The van der Waals surface area contributed by atoms with Crippen molar-refractivity contribution in [2.45, 2.75) is 5.75 Å². The highest BCUT2D eigenvalue weighted by Crippen LogP contribution is 2.29. The highest BCUT2D eigenvalue weighted by molar-refractivity contribution is 7.99. The van der Waals surface area contributed by atoms with Crippen LogP contribution in [-0.4, -0.2) is 25.9 Å². The minimum atomic E-state index is -0.370. The van der Waals surface area contributed by atoms with Crippen LogP contribution in [0.15, 0.2) is 36.4 Å². The maximum atomic E-state index is 13.7. The van der Waals surface area contributed by atoms with E-state index in [-0.39, 0.29) is 17.5 Å². The van der Waals surface area contributed by atoms with E-state index in [2.05, 4.69) is 5.32 Å². The lowest BCUT2D eigenvalue weighted by Gasteiger charge is -2.12. The molecule has 0 aliphatic rings. The molecule has 0 heterocycles. The van der Waals surface area contributed by atoms with Gasteiger partial charge in [-0.15, -0.1) is 11.8 Å². The van der Waals surface area contributed by atoms with Crippen LogP contribution in [0.4, 0.5) is 10.1 Å². The van der Waals surface area contributed by atoms with Crippen LogP contribution in [0.3, 0.4) is 0 Å². The van der Waals surface area contributed by atoms with Crippen LogP contribution >= 0.6 is 23.4 Å². The van der Waals surface area contributed by atoms with E-state index in [0.29, 0.717) is 33.5 Å². The molecule has 0 aliphatic heterocycles. The first-order valence-corrected chi connectivity index (χ1v) is 8.61. The fraction of sp³-hybridized carbons (Fsp3) is 0.235. The van der Waals surface area contributed by atoms with Gasteiger partial charge in [-0.25, -0.2) is 4.39 Å². The number of methoxy groups -OCH3 is 2. The average molecular weight is 370 g/mol. The van der Waals surface area contributed by atoms with Crippen LogP contribution in [-0.2, 0) is 10.5 Å². The van der Waals surface area contributed by atoms with Gasteiger partial charge in [-0.05, 0) is 24.3 Å². The van der Waals surface area contributed by atoms with E-state index < -0.39 is 0 Å². The number of amides is 1. The Morgan fingerprint density at radius 1 is 1.25 bits per heavy atom. The van der Waals surface area contributed by atoms with Crippen LogP contribution in [0, 0.1) is 5.82 Å². The molecule has 4 nitrogen and oxygen atoms in total. The summed E-state index contributed by atoms with van der Waals surface area (Å²) in [6.07, 6.45) is 0. The van der Waals surface area contributed by atoms with E-state index in [4.69, 9.17) is 21.1 Å². The first kappa shape index (κ1) is 18.4. The summed E-state index contributed by atoms with van der Waals surface area (Å²) in [5.41, 5.74) is 0.919. The van der Waals surface area contributed by atoms with E-state index in [1.54, 1.807) is 37.4 Å². The lowest BCUT2D eigenvalue weighted by molar-refractivity contribution is -0.113. The molecule has 128 valence electrons. The summed E-state index contributed by atoms with van der Waals surface area (Å²) in [5, 5.41) is 3.12. The van der Waals surface area contributed by atoms with Crippen molar-refractivity contribution in [3.05, 3.63) is 52.8 Å². The average Bonchev–Trinajstić information content (AvgIpc) is 2.57. The molecular formula is C17H17ClFNO3S. The largest absolute Gasteiger partial charge is 0.497 e. The minimum Gasteiger partial charge on any atom is -0.497 e. The first-order chi connectivity index (χ1) is 11.5. The topological polar surface area (TPSA) is 47.6 Å². The molecule has 0 spiro atoms. The predicted octanol–water partition coefficient (Wildman–Crippen LogP) is 4.37. The molecule has 2 aromatic rings. The second-order valence-corrected chi connectivity index (χ2v) is 6.20. The molecule has 24 heavy (non-hydrogen) atoms. The van der Waals surface area contributed by atoms with Gasteiger partial charge in [-0.1, -0.05) is 17.7 Å². The van der Waals surface area contributed by atoms with Crippen LogP contribution in [0.5, 0.6) is 11.5 Å². The third-order valence-corrected chi connectivity index (χ3v) is 4.54. The monoisotopic (exact) mass is 369 g/mol. The summed E-state index contributed by atoms with van der Waals surface area (Å²) < 4.78 is 24.0. The van der Waals surface area contributed by atoms with Gasteiger partial charge in [0.15, 0.2) is 0 Å². The first-order valence-electron chi connectivity index (χ1n) is 7.07. The predicted molar refractivity (Wildman–Crippen MR) is 95.7 cm³/mol. The Hall–Kier alpha value is -1.92. The molecule has 2 aromatic carbocycles. The SMILES string of the molecule is COc1ccc(OC)c(NC(=O)CSCc2c(F)cccc2Cl)c1. The van der Waals surface area contributed by atoms with Crippen molar-refractivity contribution in [1.29, 1.82) is 0 Å². The summed E-state index contributed by atoms with van der Waals surface area (Å²) in [5.74, 6) is 1.02. The van der Waals surface area contributed by atoms with Gasteiger partial charge < -0.3 is 14.8 Å². The normalized spacial score (nSPS) is 10.3. The van der Waals surface area contributed by atoms with E-state index in [1.165, 1.54) is 24.9 Å². The number of carbonyl (C=O) groups is 1. The molecule has 0 fully saturated rings. The van der Waals surface area contributed by atoms with E-state index in [0.717, 1.165) is 0 Å². The standard InChI is InChI=1S/C17H17ClFNO3S/c1-22-11-6-7-16(23-2)15(8-11)20-17(21)10-24-9-12-13(18)4-3-5-14(12)19/h3-8H,9-10H2,1-2H3,(H,20,21). The Balaban J connectivity index is 1.94. The number of nitrogens with one attached hydrogen (secondary N) is 1. The number of hydrogen-bond donors (Lipinski definition) is 1. The third-order valence-electron chi connectivity index (χ3n) is 3.22. The Labute approximate surface area is 149 Å². The summed E-state index contributed by atoms with van der Waals surface area (Å²) in [7, 11) is 3.06. The molecule has 1 amide bonds. The highest BCUT2D eigenvalue weighted by Gasteiger charge is 2.11. The molecule has 0 saturated carbocycles. The summed E-state index contributed by atoms with van der Waals surface area (Å²) in [4.78, 5) is 12.1. The van der Waals surface area contributed by atoms with Gasteiger partial charge >= 0.3 is 0 Å². The fourth-order valence-electron chi connectivity index (χ4n) is 2.01. The second-order valence-electron chi connectivity index (χ2n) is 4.81. The smallest absolute Gasteiger partial charge is 0.234 e. The van der Waals surface area contributed by atoms with Gasteiger partial charge in [-0.2, -0.15) is 0 Å². The number of rotatable bonds is 7. The molecule has 7 heteroatoms. The lowest BCUT2D eigenvalue weighted by atomic mass is 10.2. The number of ether oxygens (including phenoxy) is 2. The maximum absolute atomic E-state index is 13.7. The van der Waals surface area contributed by atoms with Crippen molar-refractivity contribution in [2.24, 2.45) is 0 Å². The number of halogens is 2.